The van der Waals surface area contributed by atoms with Crippen LogP contribution in [0.2, 0.25) is 0 Å². The topological polar surface area (TPSA) is 80.0 Å². The van der Waals surface area contributed by atoms with Gasteiger partial charge in [0.25, 0.3) is 5.91 Å². The van der Waals surface area contributed by atoms with E-state index in [0.29, 0.717) is 16.6 Å². The molecule has 5 nitrogen and oxygen atoms in total. The highest BCUT2D eigenvalue weighted by molar-refractivity contribution is 7.99. The van der Waals surface area contributed by atoms with Gasteiger partial charge in [0, 0.05) is 17.5 Å². The summed E-state index contributed by atoms with van der Waals surface area (Å²) >= 11 is 1.92. The van der Waals surface area contributed by atoms with E-state index in [0.717, 1.165) is 12.2 Å². The molecule has 0 aromatic carbocycles. The van der Waals surface area contributed by atoms with Gasteiger partial charge < -0.3 is 10.7 Å². The highest BCUT2D eigenvalue weighted by atomic mass is 32.2. The Hall–Kier alpha value is -1.27. The molecule has 0 radical (unpaired) electrons. The number of hydrazine groups is 1. The van der Waals surface area contributed by atoms with Crippen LogP contribution >= 0.6 is 11.8 Å². The summed E-state index contributed by atoms with van der Waals surface area (Å²) in [7, 11) is 0. The van der Waals surface area contributed by atoms with Crippen molar-refractivity contribution in [3.05, 3.63) is 24.0 Å². The van der Waals surface area contributed by atoms with Gasteiger partial charge in [-0.25, -0.2) is 0 Å². The smallest absolute Gasteiger partial charge is 0.270 e. The minimum atomic E-state index is -0.120. The Morgan fingerprint density at radius 2 is 2.42 bits per heavy atom. The van der Waals surface area contributed by atoms with Crippen molar-refractivity contribution in [1.29, 1.82) is 0 Å². The van der Waals surface area contributed by atoms with Crippen LogP contribution in [0.25, 0.3) is 0 Å². The van der Waals surface area contributed by atoms with Gasteiger partial charge in [0.15, 0.2) is 0 Å². The maximum absolute atomic E-state index is 12.2. The number of anilines is 1. The number of aromatic nitrogens is 1. The van der Waals surface area contributed by atoms with Crippen LogP contribution < -0.4 is 16.6 Å². The van der Waals surface area contributed by atoms with Crippen molar-refractivity contribution in [2.45, 2.75) is 37.5 Å². The number of carbonyl (C=O) groups is 1. The molecule has 1 aliphatic carbocycles. The number of thioether (sulfide) groups is 1. The number of nitrogens with two attached hydrogens (primary N) is 1. The molecule has 1 heterocycles. The summed E-state index contributed by atoms with van der Waals surface area (Å²) in [5.41, 5.74) is 3.61. The molecule has 2 rings (SSSR count). The summed E-state index contributed by atoms with van der Waals surface area (Å²) in [6.45, 7) is 2.15. The van der Waals surface area contributed by atoms with E-state index in [4.69, 9.17) is 5.84 Å². The van der Waals surface area contributed by atoms with Crippen molar-refractivity contribution in [1.82, 2.24) is 10.3 Å². The Labute approximate surface area is 117 Å². The lowest BCUT2D eigenvalue weighted by atomic mass is 10.2. The Bertz CT molecular complexity index is 440. The SMILES string of the molecule is CCSC1CCCC1NC(=O)c1cc(NN)ccn1. The van der Waals surface area contributed by atoms with Gasteiger partial charge in [0.05, 0.1) is 5.69 Å². The number of pyridine rings is 1. The third-order valence-electron chi connectivity index (χ3n) is 3.31. The van der Waals surface area contributed by atoms with E-state index in [-0.39, 0.29) is 11.9 Å². The highest BCUT2D eigenvalue weighted by Crippen LogP contribution is 2.30. The maximum atomic E-state index is 12.2. The molecule has 104 valence electrons. The fraction of sp³-hybridized carbons (Fsp3) is 0.538. The molecule has 1 fully saturated rings. The fourth-order valence-electron chi connectivity index (χ4n) is 2.39. The molecule has 0 saturated heterocycles. The minimum Gasteiger partial charge on any atom is -0.347 e. The first kappa shape index (κ1) is 14.1. The molecular weight excluding hydrogens is 260 g/mol. The molecule has 0 spiro atoms. The number of hydrogen-bond acceptors (Lipinski definition) is 5. The van der Waals surface area contributed by atoms with Crippen molar-refractivity contribution >= 4 is 23.4 Å². The first-order valence-corrected chi connectivity index (χ1v) is 7.64. The Morgan fingerprint density at radius 3 is 3.16 bits per heavy atom. The number of amides is 1. The van der Waals surface area contributed by atoms with E-state index >= 15 is 0 Å². The molecule has 1 aromatic heterocycles. The van der Waals surface area contributed by atoms with E-state index < -0.39 is 0 Å². The number of nitrogens with one attached hydrogen (secondary N) is 2. The van der Waals surface area contributed by atoms with Gasteiger partial charge >= 0.3 is 0 Å². The average molecular weight is 280 g/mol. The molecule has 1 aliphatic rings. The third-order valence-corrected chi connectivity index (χ3v) is 4.63. The lowest BCUT2D eigenvalue weighted by Gasteiger charge is -2.20. The predicted octanol–water partition coefficient (Wildman–Crippen LogP) is 1.77. The first-order chi connectivity index (χ1) is 9.24. The number of carbonyl (C=O) groups excluding carboxylic acids is 1. The van der Waals surface area contributed by atoms with Crippen LogP contribution in [0.5, 0.6) is 0 Å². The van der Waals surface area contributed by atoms with Crippen LogP contribution in [0.3, 0.4) is 0 Å². The quantitative estimate of drug-likeness (QED) is 0.566. The second kappa shape index (κ2) is 6.77. The van der Waals surface area contributed by atoms with E-state index in [1.807, 2.05) is 11.8 Å². The van der Waals surface area contributed by atoms with Crippen molar-refractivity contribution in [2.24, 2.45) is 5.84 Å². The van der Waals surface area contributed by atoms with Gasteiger partial charge in [-0.15, -0.1) is 0 Å². The maximum Gasteiger partial charge on any atom is 0.270 e. The zero-order valence-corrected chi connectivity index (χ0v) is 11.9. The summed E-state index contributed by atoms with van der Waals surface area (Å²) in [5, 5.41) is 3.62. The van der Waals surface area contributed by atoms with Crippen LogP contribution in [-0.4, -0.2) is 27.9 Å². The predicted molar refractivity (Wildman–Crippen MR) is 79.1 cm³/mol. The molecule has 1 aromatic rings. The second-order valence-electron chi connectivity index (χ2n) is 4.58. The molecule has 6 heteroatoms. The molecule has 0 bridgehead atoms. The number of hydrogen-bond donors (Lipinski definition) is 3. The van der Waals surface area contributed by atoms with Crippen molar-refractivity contribution in [3.8, 4) is 0 Å². The van der Waals surface area contributed by atoms with E-state index in [2.05, 4.69) is 22.7 Å². The van der Waals surface area contributed by atoms with Gasteiger partial charge in [-0.1, -0.05) is 13.3 Å². The number of nitrogen functional groups attached to an aromatic ring is 1. The summed E-state index contributed by atoms with van der Waals surface area (Å²) < 4.78 is 0. The summed E-state index contributed by atoms with van der Waals surface area (Å²) in [6.07, 6.45) is 5.00. The molecule has 0 aliphatic heterocycles. The molecule has 19 heavy (non-hydrogen) atoms. The lowest BCUT2D eigenvalue weighted by molar-refractivity contribution is 0.0933. The van der Waals surface area contributed by atoms with Gasteiger partial charge in [0.1, 0.15) is 5.69 Å². The molecular formula is C13H20N4OS. The van der Waals surface area contributed by atoms with Crippen molar-refractivity contribution in [3.63, 3.8) is 0 Å². The zero-order valence-electron chi connectivity index (χ0n) is 11.1. The summed E-state index contributed by atoms with van der Waals surface area (Å²) in [4.78, 5) is 16.3. The first-order valence-electron chi connectivity index (χ1n) is 6.59. The highest BCUT2D eigenvalue weighted by Gasteiger charge is 2.28. The van der Waals surface area contributed by atoms with Gasteiger partial charge in [-0.3, -0.25) is 15.6 Å². The monoisotopic (exact) mass is 280 g/mol. The normalized spacial score (nSPS) is 22.2. The Kier molecular flexibility index (Phi) is 5.04. The van der Waals surface area contributed by atoms with Crippen molar-refractivity contribution < 1.29 is 4.79 Å². The Morgan fingerprint density at radius 1 is 1.58 bits per heavy atom. The van der Waals surface area contributed by atoms with Crippen LogP contribution in [0, 0.1) is 0 Å². The number of nitrogens with zero attached hydrogens (tertiary/aromatic N) is 1. The molecule has 2 atom stereocenters. The molecule has 2 unspecified atom stereocenters. The largest absolute Gasteiger partial charge is 0.347 e. The standard InChI is InChI=1S/C13H20N4OS/c1-2-19-12-5-3-4-10(12)16-13(18)11-8-9(17-14)6-7-15-11/h6-8,10,12H,2-5,14H2,1H3,(H,15,17)(H,16,18). The molecule has 1 amide bonds. The molecule has 4 N–H and O–H groups in total. The van der Waals surface area contributed by atoms with Crippen LogP contribution in [0.15, 0.2) is 18.3 Å². The van der Waals surface area contributed by atoms with E-state index in [9.17, 15) is 4.79 Å². The third kappa shape index (κ3) is 3.61. The van der Waals surface area contributed by atoms with E-state index in [1.54, 1.807) is 18.3 Å². The van der Waals surface area contributed by atoms with Gasteiger partial charge in [-0.2, -0.15) is 11.8 Å². The summed E-state index contributed by atoms with van der Waals surface area (Å²) in [5.74, 6) is 6.30. The van der Waals surface area contributed by atoms with Crippen LogP contribution in [0.4, 0.5) is 5.69 Å². The lowest BCUT2D eigenvalue weighted by Crippen LogP contribution is -2.39. The van der Waals surface area contributed by atoms with Crippen LogP contribution in [-0.2, 0) is 0 Å². The molecule has 1 saturated carbocycles. The van der Waals surface area contributed by atoms with Crippen molar-refractivity contribution in [2.75, 3.05) is 11.2 Å². The minimum absolute atomic E-state index is 0.120. The fourth-order valence-corrected chi connectivity index (χ4v) is 3.59. The van der Waals surface area contributed by atoms with Crippen LogP contribution in [0.1, 0.15) is 36.7 Å². The number of rotatable bonds is 5. The van der Waals surface area contributed by atoms with Gasteiger partial charge in [0.2, 0.25) is 0 Å². The summed E-state index contributed by atoms with van der Waals surface area (Å²) in [6, 6.07) is 3.64. The van der Waals surface area contributed by atoms with Gasteiger partial charge in [-0.05, 0) is 30.7 Å². The zero-order chi connectivity index (χ0) is 13.7. The van der Waals surface area contributed by atoms with E-state index in [1.165, 1.54) is 12.8 Å². The average Bonchev–Trinajstić information content (AvgIpc) is 2.86. The Balaban J connectivity index is 1.99. The second-order valence-corrected chi connectivity index (χ2v) is 6.09.